The Labute approximate surface area is 143 Å². The molecule has 1 aliphatic heterocycles. The second-order valence-electron chi connectivity index (χ2n) is 5.74. The minimum Gasteiger partial charge on any atom is -0.336 e. The summed E-state index contributed by atoms with van der Waals surface area (Å²) >= 11 is 1.65. The molecule has 1 aliphatic rings. The van der Waals surface area contributed by atoms with Gasteiger partial charge in [-0.1, -0.05) is 6.07 Å². The molecule has 8 heteroatoms. The molecule has 0 aliphatic carbocycles. The number of aromatic nitrogens is 1. The average Bonchev–Trinajstić information content (AvgIpc) is 3.00. The topological polar surface area (TPSA) is 79.6 Å². The first-order chi connectivity index (χ1) is 11.5. The fourth-order valence-electron chi connectivity index (χ4n) is 2.73. The van der Waals surface area contributed by atoms with Crippen molar-refractivity contribution < 1.29 is 9.72 Å². The Morgan fingerprint density at radius 3 is 2.71 bits per heavy atom. The van der Waals surface area contributed by atoms with E-state index >= 15 is 0 Å². The number of nitrogens with zero attached hydrogens (tertiary/aromatic N) is 4. The molecule has 2 heterocycles. The van der Waals surface area contributed by atoms with Gasteiger partial charge in [-0.25, -0.2) is 4.98 Å². The lowest BCUT2D eigenvalue weighted by Crippen LogP contribution is -2.48. The molecule has 2 aromatic rings. The van der Waals surface area contributed by atoms with Gasteiger partial charge >= 0.3 is 0 Å². The zero-order chi connectivity index (χ0) is 17.1. The zero-order valence-corrected chi connectivity index (χ0v) is 14.2. The molecule has 1 amide bonds. The number of benzene rings is 1. The van der Waals surface area contributed by atoms with Crippen molar-refractivity contribution in [3.63, 3.8) is 0 Å². The Bertz CT molecular complexity index is 753. The van der Waals surface area contributed by atoms with Crippen molar-refractivity contribution in [1.82, 2.24) is 14.8 Å². The normalized spacial score (nSPS) is 15.5. The Hall–Kier alpha value is -2.32. The summed E-state index contributed by atoms with van der Waals surface area (Å²) in [6.07, 6.45) is 0. The number of carbonyl (C=O) groups excluding carboxylic acids is 1. The van der Waals surface area contributed by atoms with E-state index in [-0.39, 0.29) is 11.6 Å². The second-order valence-corrected chi connectivity index (χ2v) is 6.68. The summed E-state index contributed by atoms with van der Waals surface area (Å²) < 4.78 is 0. The molecule has 1 aromatic heterocycles. The number of aryl methyl sites for hydroxylation is 1. The van der Waals surface area contributed by atoms with Crippen LogP contribution in [0.15, 0.2) is 29.8 Å². The van der Waals surface area contributed by atoms with Crippen LogP contribution in [0.25, 0.3) is 0 Å². The number of piperazine rings is 1. The summed E-state index contributed by atoms with van der Waals surface area (Å²) in [6.45, 7) is 5.69. The van der Waals surface area contributed by atoms with Gasteiger partial charge in [0.1, 0.15) is 0 Å². The maximum Gasteiger partial charge on any atom is 0.270 e. The van der Waals surface area contributed by atoms with Crippen LogP contribution in [0.1, 0.15) is 20.9 Å². The molecule has 3 rings (SSSR count). The molecular weight excluding hydrogens is 328 g/mol. The first-order valence-corrected chi connectivity index (χ1v) is 8.57. The summed E-state index contributed by atoms with van der Waals surface area (Å²) in [7, 11) is 0. The lowest BCUT2D eigenvalue weighted by atomic mass is 10.1. The molecule has 0 bridgehead atoms. The minimum absolute atomic E-state index is 0.0554. The third-order valence-corrected chi connectivity index (χ3v) is 5.10. The van der Waals surface area contributed by atoms with Gasteiger partial charge in [-0.15, -0.1) is 11.3 Å². The molecule has 24 heavy (non-hydrogen) atoms. The van der Waals surface area contributed by atoms with E-state index < -0.39 is 4.92 Å². The fraction of sp³-hybridized carbons (Fsp3) is 0.375. The number of thiazole rings is 1. The standard InChI is InChI=1S/C16H18N4O3S/c1-12-15(24-11-17-12)10-18-5-7-19(8-6-18)16(21)13-3-2-4-14(9-13)20(22)23/h2-4,9,11H,5-8,10H2,1H3. The highest BCUT2D eigenvalue weighted by Gasteiger charge is 2.23. The summed E-state index contributed by atoms with van der Waals surface area (Å²) in [5.74, 6) is -0.146. The van der Waals surface area contributed by atoms with E-state index in [4.69, 9.17) is 0 Å². The number of hydrogen-bond donors (Lipinski definition) is 0. The van der Waals surface area contributed by atoms with Crippen LogP contribution >= 0.6 is 11.3 Å². The number of non-ortho nitro benzene ring substituents is 1. The van der Waals surface area contributed by atoms with Crippen molar-refractivity contribution in [3.8, 4) is 0 Å². The summed E-state index contributed by atoms with van der Waals surface area (Å²) in [5.41, 5.74) is 3.23. The monoisotopic (exact) mass is 346 g/mol. The van der Waals surface area contributed by atoms with Crippen LogP contribution in [-0.2, 0) is 6.54 Å². The SMILES string of the molecule is Cc1ncsc1CN1CCN(C(=O)c2cccc([N+](=O)[O-])c2)CC1. The third kappa shape index (κ3) is 3.60. The van der Waals surface area contributed by atoms with Gasteiger partial charge in [0.05, 0.1) is 16.1 Å². The highest BCUT2D eigenvalue weighted by atomic mass is 32.1. The Kier molecular flexibility index (Phi) is 4.86. The maximum atomic E-state index is 12.5. The van der Waals surface area contributed by atoms with Gasteiger partial charge in [0.25, 0.3) is 11.6 Å². The Morgan fingerprint density at radius 1 is 1.33 bits per heavy atom. The summed E-state index contributed by atoms with van der Waals surface area (Å²) in [5, 5.41) is 10.8. The Morgan fingerprint density at radius 2 is 2.08 bits per heavy atom. The fourth-order valence-corrected chi connectivity index (χ4v) is 3.54. The smallest absolute Gasteiger partial charge is 0.270 e. The largest absolute Gasteiger partial charge is 0.336 e. The van der Waals surface area contributed by atoms with E-state index in [1.54, 1.807) is 28.4 Å². The van der Waals surface area contributed by atoms with Crippen molar-refractivity contribution in [2.45, 2.75) is 13.5 Å². The van der Waals surface area contributed by atoms with Crippen LogP contribution in [-0.4, -0.2) is 51.8 Å². The van der Waals surface area contributed by atoms with Gasteiger partial charge in [0.15, 0.2) is 0 Å². The molecule has 1 saturated heterocycles. The van der Waals surface area contributed by atoms with Crippen LogP contribution in [0.3, 0.4) is 0 Å². The zero-order valence-electron chi connectivity index (χ0n) is 13.3. The van der Waals surface area contributed by atoms with Crippen molar-refractivity contribution in [2.24, 2.45) is 0 Å². The van der Waals surface area contributed by atoms with E-state index in [1.807, 2.05) is 12.4 Å². The molecule has 1 aromatic carbocycles. The first-order valence-electron chi connectivity index (χ1n) is 7.69. The number of rotatable bonds is 4. The molecule has 0 unspecified atom stereocenters. The van der Waals surface area contributed by atoms with Crippen LogP contribution in [0, 0.1) is 17.0 Å². The third-order valence-electron chi connectivity index (χ3n) is 4.18. The predicted octanol–water partition coefficient (Wildman–Crippen LogP) is 2.32. The highest BCUT2D eigenvalue weighted by Crippen LogP contribution is 2.18. The number of carbonyl (C=O) groups is 1. The number of nitro groups is 1. The van der Waals surface area contributed by atoms with Crippen LogP contribution in [0.4, 0.5) is 5.69 Å². The maximum absolute atomic E-state index is 12.5. The number of nitro benzene ring substituents is 1. The summed E-state index contributed by atoms with van der Waals surface area (Å²) in [4.78, 5) is 32.5. The predicted molar refractivity (Wildman–Crippen MR) is 91.1 cm³/mol. The average molecular weight is 346 g/mol. The molecule has 0 saturated carbocycles. The lowest BCUT2D eigenvalue weighted by Gasteiger charge is -2.34. The molecule has 0 atom stereocenters. The van der Waals surface area contributed by atoms with Gasteiger partial charge in [-0.2, -0.15) is 0 Å². The molecule has 7 nitrogen and oxygen atoms in total. The van der Waals surface area contributed by atoms with Gasteiger partial charge in [0, 0.05) is 55.3 Å². The van der Waals surface area contributed by atoms with Gasteiger partial charge in [-0.3, -0.25) is 19.8 Å². The molecule has 0 radical (unpaired) electrons. The molecule has 0 spiro atoms. The van der Waals surface area contributed by atoms with E-state index in [1.165, 1.54) is 17.0 Å². The molecule has 0 N–H and O–H groups in total. The molecular formula is C16H18N4O3S. The van der Waals surface area contributed by atoms with Crippen molar-refractivity contribution in [2.75, 3.05) is 26.2 Å². The van der Waals surface area contributed by atoms with Crippen molar-refractivity contribution in [1.29, 1.82) is 0 Å². The van der Waals surface area contributed by atoms with Gasteiger partial charge < -0.3 is 4.90 Å². The van der Waals surface area contributed by atoms with Crippen molar-refractivity contribution in [3.05, 3.63) is 56.0 Å². The first kappa shape index (κ1) is 16.5. The summed E-state index contributed by atoms with van der Waals surface area (Å²) in [6, 6.07) is 5.91. The Balaban J connectivity index is 1.60. The quantitative estimate of drug-likeness (QED) is 0.627. The molecule has 126 valence electrons. The van der Waals surface area contributed by atoms with E-state index in [9.17, 15) is 14.9 Å². The van der Waals surface area contributed by atoms with Crippen molar-refractivity contribution >= 4 is 22.9 Å². The van der Waals surface area contributed by atoms with E-state index in [0.717, 1.165) is 25.3 Å². The van der Waals surface area contributed by atoms with Crippen LogP contribution in [0.5, 0.6) is 0 Å². The highest BCUT2D eigenvalue weighted by molar-refractivity contribution is 7.09. The molecule has 1 fully saturated rings. The second kappa shape index (κ2) is 7.06. The van der Waals surface area contributed by atoms with E-state index in [2.05, 4.69) is 9.88 Å². The van der Waals surface area contributed by atoms with E-state index in [0.29, 0.717) is 18.7 Å². The van der Waals surface area contributed by atoms with Crippen LogP contribution < -0.4 is 0 Å². The van der Waals surface area contributed by atoms with Crippen LogP contribution in [0.2, 0.25) is 0 Å². The van der Waals surface area contributed by atoms with Gasteiger partial charge in [-0.05, 0) is 13.0 Å². The number of hydrogen-bond acceptors (Lipinski definition) is 6. The number of amides is 1. The minimum atomic E-state index is -0.480. The lowest BCUT2D eigenvalue weighted by molar-refractivity contribution is -0.384. The van der Waals surface area contributed by atoms with Gasteiger partial charge in [0.2, 0.25) is 0 Å².